The van der Waals surface area contributed by atoms with E-state index in [0.717, 1.165) is 4.90 Å². The quantitative estimate of drug-likeness (QED) is 0.266. The van der Waals surface area contributed by atoms with Crippen LogP contribution in [0.4, 0.5) is 17.1 Å². The Kier molecular flexibility index (Phi) is 7.68. The van der Waals surface area contributed by atoms with Crippen molar-refractivity contribution in [3.63, 3.8) is 0 Å². The van der Waals surface area contributed by atoms with Gasteiger partial charge in [-0.25, -0.2) is 0 Å². The third kappa shape index (κ3) is 6.33. The molecule has 0 aromatic heterocycles. The lowest BCUT2D eigenvalue weighted by Gasteiger charge is -2.14. The number of amides is 2. The monoisotopic (exact) mass is 465 g/mol. The van der Waals surface area contributed by atoms with Gasteiger partial charge >= 0.3 is 0 Å². The number of methoxy groups -OCH3 is 1. The predicted molar refractivity (Wildman–Crippen MR) is 129 cm³/mol. The molecule has 0 saturated carbocycles. The normalized spacial score (nSPS) is 11.4. The third-order valence-corrected chi connectivity index (χ3v) is 5.94. The number of thioether (sulfide) groups is 1. The predicted octanol–water partition coefficient (Wildman–Crippen LogP) is 5.28. The van der Waals surface area contributed by atoms with Crippen molar-refractivity contribution in [2.75, 3.05) is 17.7 Å². The summed E-state index contributed by atoms with van der Waals surface area (Å²) in [5.41, 5.74) is 2.29. The van der Waals surface area contributed by atoms with Gasteiger partial charge in [0.05, 0.1) is 17.3 Å². The molecular weight excluding hydrogens is 442 g/mol. The van der Waals surface area contributed by atoms with Crippen LogP contribution in [0, 0.1) is 17.0 Å². The summed E-state index contributed by atoms with van der Waals surface area (Å²) in [4.78, 5) is 36.2. The SMILES string of the molecule is COc1ccc(C(=O)Nc2ccc(SC(C)C(=O)Nc3ccc([N+](=O)[O-])cc3C)cc2)cc1. The van der Waals surface area contributed by atoms with E-state index in [1.165, 1.54) is 30.0 Å². The molecule has 0 saturated heterocycles. The molecule has 3 aromatic rings. The minimum atomic E-state index is -0.472. The van der Waals surface area contributed by atoms with E-state index >= 15 is 0 Å². The van der Waals surface area contributed by atoms with Crippen molar-refractivity contribution in [2.45, 2.75) is 24.0 Å². The van der Waals surface area contributed by atoms with Crippen LogP contribution >= 0.6 is 11.8 Å². The van der Waals surface area contributed by atoms with Gasteiger partial charge in [0, 0.05) is 34.0 Å². The molecule has 2 amide bonds. The van der Waals surface area contributed by atoms with Gasteiger partial charge in [0.1, 0.15) is 5.75 Å². The maximum Gasteiger partial charge on any atom is 0.269 e. The summed E-state index contributed by atoms with van der Waals surface area (Å²) in [5, 5.41) is 16.1. The number of benzene rings is 3. The van der Waals surface area contributed by atoms with Crippen molar-refractivity contribution in [3.8, 4) is 5.75 Å². The zero-order valence-electron chi connectivity index (χ0n) is 18.3. The minimum absolute atomic E-state index is 0.0212. The number of ether oxygens (including phenoxy) is 1. The van der Waals surface area contributed by atoms with E-state index in [1.54, 1.807) is 57.4 Å². The summed E-state index contributed by atoms with van der Waals surface area (Å²) in [6.07, 6.45) is 0. The van der Waals surface area contributed by atoms with Gasteiger partial charge in [-0.2, -0.15) is 0 Å². The van der Waals surface area contributed by atoms with Gasteiger partial charge in [0.25, 0.3) is 11.6 Å². The molecule has 0 heterocycles. The van der Waals surface area contributed by atoms with Crippen LogP contribution in [-0.4, -0.2) is 29.1 Å². The van der Waals surface area contributed by atoms with Crippen molar-refractivity contribution >= 4 is 40.6 Å². The van der Waals surface area contributed by atoms with E-state index in [4.69, 9.17) is 4.74 Å². The zero-order valence-corrected chi connectivity index (χ0v) is 19.1. The molecule has 8 nitrogen and oxygen atoms in total. The Bertz CT molecular complexity index is 1160. The Morgan fingerprint density at radius 1 is 1.00 bits per heavy atom. The lowest BCUT2D eigenvalue weighted by atomic mass is 10.2. The molecule has 0 bridgehead atoms. The second-order valence-corrected chi connectivity index (χ2v) is 8.63. The van der Waals surface area contributed by atoms with Gasteiger partial charge in [0.15, 0.2) is 0 Å². The van der Waals surface area contributed by atoms with E-state index < -0.39 is 10.2 Å². The number of hydrogen-bond donors (Lipinski definition) is 2. The molecule has 0 spiro atoms. The Balaban J connectivity index is 1.56. The fraction of sp³-hybridized carbons (Fsp3) is 0.167. The number of anilines is 2. The van der Waals surface area contributed by atoms with Crippen LogP contribution in [0.25, 0.3) is 0 Å². The number of nitrogens with one attached hydrogen (secondary N) is 2. The molecule has 1 atom stereocenters. The van der Waals surface area contributed by atoms with E-state index in [0.29, 0.717) is 28.3 Å². The molecule has 3 rings (SSSR count). The first-order valence-corrected chi connectivity index (χ1v) is 10.9. The highest BCUT2D eigenvalue weighted by Crippen LogP contribution is 2.27. The zero-order chi connectivity index (χ0) is 24.0. The van der Waals surface area contributed by atoms with Crippen LogP contribution in [0.3, 0.4) is 0 Å². The number of aryl methyl sites for hydroxylation is 1. The molecule has 3 aromatic carbocycles. The van der Waals surface area contributed by atoms with Crippen LogP contribution in [0.2, 0.25) is 0 Å². The van der Waals surface area contributed by atoms with E-state index in [1.807, 2.05) is 12.1 Å². The smallest absolute Gasteiger partial charge is 0.269 e. The molecular formula is C24H23N3O5S. The number of carbonyl (C=O) groups excluding carboxylic acids is 2. The average molecular weight is 466 g/mol. The fourth-order valence-corrected chi connectivity index (χ4v) is 3.82. The Hall–Kier alpha value is -3.85. The van der Waals surface area contributed by atoms with Gasteiger partial charge in [-0.1, -0.05) is 0 Å². The first-order chi connectivity index (χ1) is 15.8. The standard InChI is InChI=1S/C24H23N3O5S/c1-15-14-19(27(30)31)8-13-22(15)26-23(28)16(2)33-21-11-6-18(7-12-21)25-24(29)17-4-9-20(32-3)10-5-17/h4-14,16H,1-3H3,(H,25,29)(H,26,28). The van der Waals surface area contributed by atoms with Crippen molar-refractivity contribution in [3.05, 3.63) is 88.0 Å². The summed E-state index contributed by atoms with van der Waals surface area (Å²) in [6, 6.07) is 18.3. The van der Waals surface area contributed by atoms with Gasteiger partial charge in [-0.15, -0.1) is 11.8 Å². The van der Waals surface area contributed by atoms with Gasteiger partial charge in [-0.05, 0) is 74.0 Å². The Morgan fingerprint density at radius 3 is 2.24 bits per heavy atom. The average Bonchev–Trinajstić information content (AvgIpc) is 2.81. The van der Waals surface area contributed by atoms with Crippen molar-refractivity contribution in [1.82, 2.24) is 0 Å². The highest BCUT2D eigenvalue weighted by Gasteiger charge is 2.17. The maximum atomic E-state index is 12.6. The highest BCUT2D eigenvalue weighted by atomic mass is 32.2. The van der Waals surface area contributed by atoms with Crippen molar-refractivity contribution < 1.29 is 19.2 Å². The summed E-state index contributed by atoms with van der Waals surface area (Å²) >= 11 is 1.37. The van der Waals surface area contributed by atoms with Crippen molar-refractivity contribution in [2.24, 2.45) is 0 Å². The van der Waals surface area contributed by atoms with Gasteiger partial charge in [-0.3, -0.25) is 19.7 Å². The topological polar surface area (TPSA) is 111 Å². The number of non-ortho nitro benzene ring substituents is 1. The number of hydrogen-bond acceptors (Lipinski definition) is 6. The number of nitro groups is 1. The van der Waals surface area contributed by atoms with Crippen LogP contribution in [-0.2, 0) is 4.79 Å². The summed E-state index contributed by atoms with van der Waals surface area (Å²) in [6.45, 7) is 3.49. The van der Waals surface area contributed by atoms with Crippen molar-refractivity contribution in [1.29, 1.82) is 0 Å². The molecule has 0 fully saturated rings. The summed E-state index contributed by atoms with van der Waals surface area (Å²) in [5.74, 6) is 0.230. The Morgan fingerprint density at radius 2 is 1.67 bits per heavy atom. The molecule has 0 radical (unpaired) electrons. The molecule has 2 N–H and O–H groups in total. The van der Waals surface area contributed by atoms with E-state index in [9.17, 15) is 19.7 Å². The first-order valence-electron chi connectivity index (χ1n) is 10.0. The number of rotatable bonds is 8. The van der Waals surface area contributed by atoms with Crippen LogP contribution in [0.15, 0.2) is 71.6 Å². The molecule has 170 valence electrons. The van der Waals surface area contributed by atoms with Crippen LogP contribution in [0.5, 0.6) is 5.75 Å². The minimum Gasteiger partial charge on any atom is -0.497 e. The lowest BCUT2D eigenvalue weighted by Crippen LogP contribution is -2.22. The van der Waals surface area contributed by atoms with E-state index in [2.05, 4.69) is 10.6 Å². The maximum absolute atomic E-state index is 12.6. The van der Waals surface area contributed by atoms with Gasteiger partial charge in [0.2, 0.25) is 5.91 Å². The van der Waals surface area contributed by atoms with Crippen LogP contribution in [0.1, 0.15) is 22.8 Å². The molecule has 1 unspecified atom stereocenters. The Labute approximate surface area is 195 Å². The van der Waals surface area contributed by atoms with Gasteiger partial charge < -0.3 is 15.4 Å². The number of nitrogens with zero attached hydrogens (tertiary/aromatic N) is 1. The summed E-state index contributed by atoms with van der Waals surface area (Å²) in [7, 11) is 1.57. The largest absolute Gasteiger partial charge is 0.497 e. The second-order valence-electron chi connectivity index (χ2n) is 7.21. The third-order valence-electron chi connectivity index (χ3n) is 4.83. The van der Waals surface area contributed by atoms with E-state index in [-0.39, 0.29) is 17.5 Å². The highest BCUT2D eigenvalue weighted by molar-refractivity contribution is 8.00. The number of nitro benzene ring substituents is 1. The number of carbonyl (C=O) groups is 2. The summed E-state index contributed by atoms with van der Waals surface area (Å²) < 4.78 is 5.09. The first kappa shape index (κ1) is 23.8. The molecule has 0 aliphatic rings. The molecule has 33 heavy (non-hydrogen) atoms. The lowest BCUT2D eigenvalue weighted by molar-refractivity contribution is -0.384. The molecule has 0 aliphatic carbocycles. The molecule has 0 aliphatic heterocycles. The molecule has 9 heteroatoms. The fourth-order valence-electron chi connectivity index (χ4n) is 2.96. The van der Waals surface area contributed by atoms with Crippen LogP contribution < -0.4 is 15.4 Å². The second kappa shape index (κ2) is 10.6.